The average Bonchev–Trinajstić information content (AvgIpc) is 2.75. The number of ether oxygens (including phenoxy) is 1. The molecular weight excluding hydrogens is 450 g/mol. The van der Waals surface area contributed by atoms with Gasteiger partial charge in [-0.1, -0.05) is 40.2 Å². The van der Waals surface area contributed by atoms with Crippen LogP contribution in [0.4, 0.5) is 5.69 Å². The Kier molecular flexibility index (Phi) is 7.07. The molecule has 30 heavy (non-hydrogen) atoms. The van der Waals surface area contributed by atoms with E-state index in [0.29, 0.717) is 22.6 Å². The fraction of sp³-hybridized carbons (Fsp3) is 0. The third-order valence-corrected chi connectivity index (χ3v) is 4.26. The number of nitrogens with one attached hydrogen (secondary N) is 2. The lowest BCUT2D eigenvalue weighted by Crippen LogP contribution is -2.32. The van der Waals surface area contributed by atoms with Crippen molar-refractivity contribution in [1.82, 2.24) is 5.43 Å². The first-order valence-electron chi connectivity index (χ1n) is 8.78. The fourth-order valence-corrected chi connectivity index (χ4v) is 2.73. The highest BCUT2D eigenvalue weighted by Gasteiger charge is 2.12. The summed E-state index contributed by atoms with van der Waals surface area (Å²) in [5.41, 5.74) is 3.72. The molecule has 0 fully saturated rings. The van der Waals surface area contributed by atoms with Gasteiger partial charge in [-0.3, -0.25) is 9.59 Å². The summed E-state index contributed by atoms with van der Waals surface area (Å²) in [6.45, 7) is 0. The lowest BCUT2D eigenvalue weighted by atomic mass is 10.2. The van der Waals surface area contributed by atoms with Gasteiger partial charge in [-0.25, -0.2) is 10.2 Å². The van der Waals surface area contributed by atoms with E-state index in [4.69, 9.17) is 4.74 Å². The molecule has 150 valence electrons. The minimum atomic E-state index is -0.894. The van der Waals surface area contributed by atoms with Gasteiger partial charge in [0.1, 0.15) is 5.75 Å². The fourth-order valence-electron chi connectivity index (χ4n) is 2.33. The van der Waals surface area contributed by atoms with E-state index in [1.54, 1.807) is 72.8 Å². The van der Waals surface area contributed by atoms with E-state index in [1.165, 1.54) is 6.21 Å². The Balaban J connectivity index is 1.51. The predicted molar refractivity (Wildman–Crippen MR) is 116 cm³/mol. The Bertz CT molecular complexity index is 1080. The number of carbonyl (C=O) groups excluding carboxylic acids is 3. The number of rotatable bonds is 5. The zero-order valence-corrected chi connectivity index (χ0v) is 17.1. The Morgan fingerprint density at radius 3 is 2.30 bits per heavy atom. The lowest BCUT2D eigenvalue weighted by Gasteiger charge is -2.05. The number of hydrogen-bond acceptors (Lipinski definition) is 5. The van der Waals surface area contributed by atoms with Gasteiger partial charge in [0.2, 0.25) is 0 Å². The number of halogens is 1. The van der Waals surface area contributed by atoms with Crippen molar-refractivity contribution in [3.05, 3.63) is 94.5 Å². The molecule has 8 heteroatoms. The van der Waals surface area contributed by atoms with Crippen LogP contribution in [-0.4, -0.2) is 24.0 Å². The SMILES string of the molecule is O=C(N/N=C/c1ccc(OC(=O)c2cccc(Br)c2)cc1)C(=O)Nc1ccccc1. The van der Waals surface area contributed by atoms with Gasteiger partial charge in [-0.2, -0.15) is 5.10 Å². The van der Waals surface area contributed by atoms with Crippen LogP contribution in [0.3, 0.4) is 0 Å². The van der Waals surface area contributed by atoms with E-state index in [0.717, 1.165) is 4.47 Å². The summed E-state index contributed by atoms with van der Waals surface area (Å²) in [5, 5.41) is 6.21. The van der Waals surface area contributed by atoms with Crippen LogP contribution >= 0.6 is 15.9 Å². The van der Waals surface area contributed by atoms with Crippen molar-refractivity contribution in [3.63, 3.8) is 0 Å². The van der Waals surface area contributed by atoms with Gasteiger partial charge in [0.15, 0.2) is 0 Å². The summed E-state index contributed by atoms with van der Waals surface area (Å²) in [5.74, 6) is -1.83. The van der Waals surface area contributed by atoms with Crippen molar-refractivity contribution in [3.8, 4) is 5.75 Å². The maximum absolute atomic E-state index is 12.1. The van der Waals surface area contributed by atoms with Gasteiger partial charge in [0, 0.05) is 10.2 Å². The number of anilines is 1. The number of amides is 2. The monoisotopic (exact) mass is 465 g/mol. The van der Waals surface area contributed by atoms with Crippen LogP contribution in [-0.2, 0) is 9.59 Å². The zero-order chi connectivity index (χ0) is 21.3. The first-order chi connectivity index (χ1) is 14.5. The topological polar surface area (TPSA) is 96.9 Å². The first-order valence-corrected chi connectivity index (χ1v) is 9.58. The maximum atomic E-state index is 12.1. The van der Waals surface area contributed by atoms with Gasteiger partial charge >= 0.3 is 17.8 Å². The van der Waals surface area contributed by atoms with Gasteiger partial charge in [0.05, 0.1) is 11.8 Å². The van der Waals surface area contributed by atoms with Crippen molar-refractivity contribution < 1.29 is 19.1 Å². The number of benzene rings is 3. The molecule has 0 saturated carbocycles. The summed E-state index contributed by atoms with van der Waals surface area (Å²) in [6, 6.07) is 22.0. The van der Waals surface area contributed by atoms with Crippen LogP contribution in [0.5, 0.6) is 5.75 Å². The summed E-state index contributed by atoms with van der Waals surface area (Å²) >= 11 is 3.31. The molecule has 0 radical (unpaired) electrons. The van der Waals surface area contributed by atoms with Crippen LogP contribution < -0.4 is 15.5 Å². The number of esters is 1. The third kappa shape index (κ3) is 6.11. The number of para-hydroxylation sites is 1. The summed E-state index contributed by atoms with van der Waals surface area (Å²) in [6.07, 6.45) is 1.37. The number of hydrogen-bond donors (Lipinski definition) is 2. The van der Waals surface area contributed by atoms with E-state index in [9.17, 15) is 14.4 Å². The van der Waals surface area contributed by atoms with Crippen LogP contribution in [0, 0.1) is 0 Å². The Labute approximate surface area is 180 Å². The highest BCUT2D eigenvalue weighted by atomic mass is 79.9. The van der Waals surface area contributed by atoms with Gasteiger partial charge in [0.25, 0.3) is 0 Å². The number of hydrazone groups is 1. The first kappa shape index (κ1) is 20.9. The van der Waals surface area contributed by atoms with E-state index in [-0.39, 0.29) is 0 Å². The molecular formula is C22H16BrN3O4. The van der Waals surface area contributed by atoms with Crippen LogP contribution in [0.25, 0.3) is 0 Å². The second-order valence-corrected chi connectivity index (χ2v) is 6.90. The average molecular weight is 466 g/mol. The van der Waals surface area contributed by atoms with Crippen LogP contribution in [0.1, 0.15) is 15.9 Å². The molecule has 3 rings (SSSR count). The molecule has 2 N–H and O–H groups in total. The summed E-state index contributed by atoms with van der Waals surface area (Å²) in [7, 11) is 0. The number of carbonyl (C=O) groups is 3. The minimum Gasteiger partial charge on any atom is -0.423 e. The molecule has 0 bridgehead atoms. The predicted octanol–water partition coefficient (Wildman–Crippen LogP) is 3.76. The lowest BCUT2D eigenvalue weighted by molar-refractivity contribution is -0.136. The molecule has 0 atom stereocenters. The highest BCUT2D eigenvalue weighted by molar-refractivity contribution is 9.10. The third-order valence-electron chi connectivity index (χ3n) is 3.77. The molecule has 3 aromatic rings. The molecule has 0 heterocycles. The minimum absolute atomic E-state index is 0.364. The van der Waals surface area contributed by atoms with Gasteiger partial charge in [-0.05, 0) is 60.2 Å². The van der Waals surface area contributed by atoms with Crippen molar-refractivity contribution >= 4 is 45.6 Å². The molecule has 0 aliphatic carbocycles. The molecule has 0 unspecified atom stereocenters. The van der Waals surface area contributed by atoms with Crippen molar-refractivity contribution in [2.45, 2.75) is 0 Å². The zero-order valence-electron chi connectivity index (χ0n) is 15.5. The molecule has 7 nitrogen and oxygen atoms in total. The standard InChI is InChI=1S/C22H16BrN3O4/c23-17-6-4-5-16(13-17)22(29)30-19-11-9-15(10-12-19)14-24-26-21(28)20(27)25-18-7-2-1-3-8-18/h1-14H,(H,25,27)(H,26,28)/b24-14+. The van der Waals surface area contributed by atoms with E-state index in [2.05, 4.69) is 31.8 Å². The Morgan fingerprint density at radius 1 is 0.867 bits per heavy atom. The second-order valence-electron chi connectivity index (χ2n) is 5.99. The maximum Gasteiger partial charge on any atom is 0.343 e. The molecule has 2 amide bonds. The molecule has 0 aliphatic rings. The highest BCUT2D eigenvalue weighted by Crippen LogP contribution is 2.16. The summed E-state index contributed by atoms with van der Waals surface area (Å²) < 4.78 is 6.09. The van der Waals surface area contributed by atoms with Crippen LogP contribution in [0.15, 0.2) is 88.4 Å². The normalized spacial score (nSPS) is 10.4. The Morgan fingerprint density at radius 2 is 1.60 bits per heavy atom. The van der Waals surface area contributed by atoms with Crippen molar-refractivity contribution in [2.24, 2.45) is 5.10 Å². The van der Waals surface area contributed by atoms with E-state index in [1.807, 2.05) is 6.07 Å². The molecule has 0 aliphatic heterocycles. The molecule has 0 saturated heterocycles. The summed E-state index contributed by atoms with van der Waals surface area (Å²) in [4.78, 5) is 35.7. The van der Waals surface area contributed by atoms with Crippen molar-refractivity contribution in [1.29, 1.82) is 0 Å². The number of nitrogens with zero attached hydrogens (tertiary/aromatic N) is 1. The smallest absolute Gasteiger partial charge is 0.343 e. The van der Waals surface area contributed by atoms with Crippen LogP contribution in [0.2, 0.25) is 0 Å². The van der Waals surface area contributed by atoms with Gasteiger partial charge in [-0.15, -0.1) is 0 Å². The quantitative estimate of drug-likeness (QED) is 0.197. The molecule has 0 spiro atoms. The van der Waals surface area contributed by atoms with E-state index >= 15 is 0 Å². The Hall–Kier alpha value is -3.78. The van der Waals surface area contributed by atoms with Gasteiger partial charge < -0.3 is 10.1 Å². The molecule has 3 aromatic carbocycles. The largest absolute Gasteiger partial charge is 0.423 e. The molecule has 0 aromatic heterocycles. The van der Waals surface area contributed by atoms with Crippen molar-refractivity contribution in [2.75, 3.05) is 5.32 Å². The second kappa shape index (κ2) is 10.1. The van der Waals surface area contributed by atoms with E-state index < -0.39 is 17.8 Å².